The highest BCUT2D eigenvalue weighted by Crippen LogP contribution is 2.21. The molecule has 0 heterocycles. The molecule has 2 nitrogen and oxygen atoms in total. The van der Waals surface area contributed by atoms with E-state index >= 15 is 0 Å². The van der Waals surface area contributed by atoms with Crippen molar-refractivity contribution in [2.45, 2.75) is 19.4 Å². The molecule has 0 aliphatic rings. The quantitative estimate of drug-likeness (QED) is 0.874. The summed E-state index contributed by atoms with van der Waals surface area (Å²) >= 11 is 5.87. The molecule has 0 radical (unpaired) electrons. The van der Waals surface area contributed by atoms with Crippen molar-refractivity contribution in [3.8, 4) is 0 Å². The van der Waals surface area contributed by atoms with Gasteiger partial charge in [0, 0.05) is 31.4 Å². The summed E-state index contributed by atoms with van der Waals surface area (Å²) in [4.78, 5) is 2.03. The molecule has 88 valence electrons. The lowest BCUT2D eigenvalue weighted by atomic mass is 10.0. The van der Waals surface area contributed by atoms with Gasteiger partial charge < -0.3 is 10.6 Å². The second kappa shape index (κ2) is 5.92. The van der Waals surface area contributed by atoms with Gasteiger partial charge in [-0.05, 0) is 36.6 Å². The first kappa shape index (κ1) is 13.1. The van der Waals surface area contributed by atoms with Gasteiger partial charge in [-0.2, -0.15) is 0 Å². The minimum Gasteiger partial charge on any atom is -0.383 e. The van der Waals surface area contributed by atoms with Crippen molar-refractivity contribution in [3.63, 3.8) is 0 Å². The van der Waals surface area contributed by atoms with Crippen LogP contribution in [0.15, 0.2) is 30.5 Å². The lowest BCUT2D eigenvalue weighted by molar-refractivity contribution is 0.562. The summed E-state index contributed by atoms with van der Waals surface area (Å²) in [6.45, 7) is 2.01. The van der Waals surface area contributed by atoms with Gasteiger partial charge in [-0.25, -0.2) is 0 Å². The first-order valence-corrected chi connectivity index (χ1v) is 5.75. The fourth-order valence-electron chi connectivity index (χ4n) is 1.57. The molecule has 1 aromatic carbocycles. The van der Waals surface area contributed by atoms with E-state index in [1.54, 1.807) is 0 Å². The minimum absolute atomic E-state index is 0.155. The number of rotatable bonds is 4. The summed E-state index contributed by atoms with van der Waals surface area (Å²) in [6.07, 6.45) is 2.96. The molecule has 1 atom stereocenters. The van der Waals surface area contributed by atoms with Crippen molar-refractivity contribution >= 4 is 17.2 Å². The van der Waals surface area contributed by atoms with Crippen molar-refractivity contribution in [2.75, 3.05) is 14.1 Å². The molecule has 0 aliphatic carbocycles. The van der Waals surface area contributed by atoms with Crippen LogP contribution in [0, 0.1) is 0 Å². The van der Waals surface area contributed by atoms with Gasteiger partial charge in [-0.3, -0.25) is 0 Å². The molecule has 0 saturated heterocycles. The minimum atomic E-state index is 0.155. The van der Waals surface area contributed by atoms with Gasteiger partial charge in [-0.15, -0.1) is 0 Å². The third-order valence-electron chi connectivity index (χ3n) is 2.17. The molecule has 0 aromatic heterocycles. The molecule has 0 fully saturated rings. The number of hydrogen-bond donors (Lipinski definition) is 1. The molecule has 0 amide bonds. The van der Waals surface area contributed by atoms with Crippen molar-refractivity contribution < 1.29 is 0 Å². The van der Waals surface area contributed by atoms with Gasteiger partial charge in [0.1, 0.15) is 0 Å². The predicted octanol–water partition coefficient (Wildman–Crippen LogP) is 2.98. The molecule has 1 rings (SSSR count). The van der Waals surface area contributed by atoms with E-state index in [9.17, 15) is 0 Å². The highest BCUT2D eigenvalue weighted by molar-refractivity contribution is 6.30. The van der Waals surface area contributed by atoms with E-state index in [2.05, 4.69) is 6.20 Å². The second-order valence-corrected chi connectivity index (χ2v) is 4.74. The molecule has 1 unspecified atom stereocenters. The third kappa shape index (κ3) is 4.25. The Balaban J connectivity index is 2.96. The largest absolute Gasteiger partial charge is 0.383 e. The van der Waals surface area contributed by atoms with Crippen LogP contribution >= 0.6 is 11.6 Å². The smallest absolute Gasteiger partial charge is 0.0406 e. The number of halogens is 1. The van der Waals surface area contributed by atoms with E-state index in [0.29, 0.717) is 0 Å². The Morgan fingerprint density at radius 1 is 1.38 bits per heavy atom. The summed E-state index contributed by atoms with van der Waals surface area (Å²) in [5.74, 6) is 0. The average molecular weight is 239 g/mol. The van der Waals surface area contributed by atoms with Crippen LogP contribution in [0.5, 0.6) is 0 Å². The van der Waals surface area contributed by atoms with E-state index in [4.69, 9.17) is 17.3 Å². The van der Waals surface area contributed by atoms with Crippen molar-refractivity contribution in [3.05, 3.63) is 41.1 Å². The Morgan fingerprint density at radius 3 is 2.38 bits per heavy atom. The monoisotopic (exact) mass is 238 g/mol. The van der Waals surface area contributed by atoms with Crippen molar-refractivity contribution in [1.82, 2.24) is 4.90 Å². The average Bonchev–Trinajstić information content (AvgIpc) is 2.16. The highest BCUT2D eigenvalue weighted by atomic mass is 35.5. The summed E-state index contributed by atoms with van der Waals surface area (Å²) in [5, 5.41) is 0.758. The third-order valence-corrected chi connectivity index (χ3v) is 2.42. The standard InChI is InChI=1S/C13H19ClN2/c1-10(15)8-12(9-16(2)3)11-4-6-13(14)7-5-11/h4-7,9-10H,8,15H2,1-3H3/b12-9+. The van der Waals surface area contributed by atoms with Gasteiger partial charge in [0.05, 0.1) is 0 Å². The molecule has 16 heavy (non-hydrogen) atoms. The molecular weight excluding hydrogens is 220 g/mol. The molecule has 0 spiro atoms. The summed E-state index contributed by atoms with van der Waals surface area (Å²) in [7, 11) is 4.02. The number of benzene rings is 1. The first-order valence-electron chi connectivity index (χ1n) is 5.37. The van der Waals surface area contributed by atoms with Crippen LogP contribution in [0.25, 0.3) is 5.57 Å². The molecule has 3 heteroatoms. The van der Waals surface area contributed by atoms with Crippen LogP contribution in [0.1, 0.15) is 18.9 Å². The lowest BCUT2D eigenvalue weighted by Crippen LogP contribution is -2.16. The van der Waals surface area contributed by atoms with E-state index < -0.39 is 0 Å². The van der Waals surface area contributed by atoms with Crippen molar-refractivity contribution in [2.24, 2.45) is 5.73 Å². The molecule has 0 saturated carbocycles. The summed E-state index contributed by atoms with van der Waals surface area (Å²) in [6, 6.07) is 8.02. The van der Waals surface area contributed by atoms with Gasteiger partial charge in [0.2, 0.25) is 0 Å². The lowest BCUT2D eigenvalue weighted by Gasteiger charge is -2.14. The Bertz CT molecular complexity index is 353. The van der Waals surface area contributed by atoms with Crippen LogP contribution in [0.4, 0.5) is 0 Å². The maximum atomic E-state index is 5.87. The van der Waals surface area contributed by atoms with Crippen LogP contribution in [0.3, 0.4) is 0 Å². The molecule has 0 bridgehead atoms. The van der Waals surface area contributed by atoms with E-state index in [0.717, 1.165) is 11.4 Å². The van der Waals surface area contributed by atoms with Gasteiger partial charge >= 0.3 is 0 Å². The molecular formula is C13H19ClN2. The Morgan fingerprint density at radius 2 is 1.94 bits per heavy atom. The first-order chi connectivity index (χ1) is 7.49. The number of nitrogens with two attached hydrogens (primary N) is 1. The van der Waals surface area contributed by atoms with Gasteiger partial charge in [0.25, 0.3) is 0 Å². The topological polar surface area (TPSA) is 29.3 Å². The van der Waals surface area contributed by atoms with Crippen LogP contribution in [0.2, 0.25) is 5.02 Å². The van der Waals surface area contributed by atoms with Gasteiger partial charge in [-0.1, -0.05) is 23.7 Å². The number of nitrogens with zero attached hydrogens (tertiary/aromatic N) is 1. The van der Waals surface area contributed by atoms with Crippen LogP contribution in [-0.2, 0) is 0 Å². The van der Waals surface area contributed by atoms with Crippen molar-refractivity contribution in [1.29, 1.82) is 0 Å². The van der Waals surface area contributed by atoms with Gasteiger partial charge in [0.15, 0.2) is 0 Å². The zero-order valence-electron chi connectivity index (χ0n) is 10.1. The molecule has 1 aromatic rings. The Hall–Kier alpha value is -0.990. The fraction of sp³-hybridized carbons (Fsp3) is 0.385. The van der Waals surface area contributed by atoms with E-state index in [1.807, 2.05) is 50.2 Å². The summed E-state index contributed by atoms with van der Waals surface area (Å²) < 4.78 is 0. The maximum Gasteiger partial charge on any atom is 0.0406 e. The Labute approximate surface area is 103 Å². The Kier molecular flexibility index (Phi) is 4.84. The fourth-order valence-corrected chi connectivity index (χ4v) is 1.69. The normalized spacial score (nSPS) is 13.7. The predicted molar refractivity (Wildman–Crippen MR) is 71.4 cm³/mol. The zero-order chi connectivity index (χ0) is 12.1. The molecule has 0 aliphatic heterocycles. The molecule has 2 N–H and O–H groups in total. The van der Waals surface area contributed by atoms with Crippen LogP contribution < -0.4 is 5.73 Å². The maximum absolute atomic E-state index is 5.87. The van der Waals surface area contributed by atoms with E-state index in [1.165, 1.54) is 11.1 Å². The SMILES string of the molecule is CC(N)C/C(=C\N(C)C)c1ccc(Cl)cc1. The highest BCUT2D eigenvalue weighted by Gasteiger charge is 2.05. The zero-order valence-corrected chi connectivity index (χ0v) is 10.8. The summed E-state index contributed by atoms with van der Waals surface area (Å²) in [5.41, 5.74) is 8.26. The number of hydrogen-bond acceptors (Lipinski definition) is 2. The van der Waals surface area contributed by atoms with E-state index in [-0.39, 0.29) is 6.04 Å². The van der Waals surface area contributed by atoms with Crippen LogP contribution in [-0.4, -0.2) is 25.0 Å². The second-order valence-electron chi connectivity index (χ2n) is 4.31.